The van der Waals surface area contributed by atoms with E-state index < -0.39 is 0 Å². The summed E-state index contributed by atoms with van der Waals surface area (Å²) >= 11 is 3.56. The van der Waals surface area contributed by atoms with E-state index in [-0.39, 0.29) is 5.92 Å². The Morgan fingerprint density at radius 2 is 1.10 bits per heavy atom. The van der Waals surface area contributed by atoms with Crippen molar-refractivity contribution in [1.29, 1.82) is 0 Å². The van der Waals surface area contributed by atoms with E-state index in [2.05, 4.69) is 76.6 Å². The Kier molecular flexibility index (Phi) is 5.51. The summed E-state index contributed by atoms with van der Waals surface area (Å²) in [5.41, 5.74) is 5.24. The van der Waals surface area contributed by atoms with Crippen LogP contribution < -0.4 is 0 Å². The van der Waals surface area contributed by atoms with Gasteiger partial charge in [0.25, 0.3) is 0 Å². The molecule has 0 saturated carbocycles. The molecule has 0 aliphatic carbocycles. The molecule has 5 aromatic rings. The van der Waals surface area contributed by atoms with Gasteiger partial charge in [0.05, 0.1) is 11.6 Å². The highest BCUT2D eigenvalue weighted by molar-refractivity contribution is 9.10. The van der Waals surface area contributed by atoms with Gasteiger partial charge in [-0.2, -0.15) is 0 Å². The number of oxazole rings is 1. The molecule has 0 bridgehead atoms. The standard InChI is InChI=1S/C28H20BrNO/c29-24-18-16-21(17-19-24)25(20-10-4-1-5-11-20)26-27(22-12-6-2-7-13-22)31-28(30-26)23-14-8-3-9-15-23/h1-19,25H. The highest BCUT2D eigenvalue weighted by Crippen LogP contribution is 2.40. The highest BCUT2D eigenvalue weighted by atomic mass is 79.9. The Hall–Kier alpha value is -3.43. The smallest absolute Gasteiger partial charge is 0.227 e. The molecule has 31 heavy (non-hydrogen) atoms. The van der Waals surface area contributed by atoms with Gasteiger partial charge in [-0.05, 0) is 35.4 Å². The molecule has 1 atom stereocenters. The average molecular weight is 466 g/mol. The van der Waals surface area contributed by atoms with Crippen molar-refractivity contribution in [2.75, 3.05) is 0 Å². The zero-order valence-corrected chi connectivity index (χ0v) is 18.4. The Morgan fingerprint density at radius 1 is 0.581 bits per heavy atom. The molecule has 1 unspecified atom stereocenters. The fourth-order valence-corrected chi connectivity index (χ4v) is 4.10. The van der Waals surface area contributed by atoms with E-state index in [1.54, 1.807) is 0 Å². The fourth-order valence-electron chi connectivity index (χ4n) is 3.84. The molecule has 0 fully saturated rings. The van der Waals surface area contributed by atoms with Crippen LogP contribution in [0.5, 0.6) is 0 Å². The number of nitrogens with zero attached hydrogens (tertiary/aromatic N) is 1. The maximum atomic E-state index is 6.41. The van der Waals surface area contributed by atoms with Gasteiger partial charge in [0.15, 0.2) is 5.76 Å². The summed E-state index contributed by atoms with van der Waals surface area (Å²) in [6.45, 7) is 0. The van der Waals surface area contributed by atoms with E-state index in [4.69, 9.17) is 9.40 Å². The van der Waals surface area contributed by atoms with E-state index in [9.17, 15) is 0 Å². The van der Waals surface area contributed by atoms with Crippen molar-refractivity contribution in [3.8, 4) is 22.8 Å². The van der Waals surface area contributed by atoms with E-state index in [0.717, 1.165) is 27.1 Å². The second-order valence-electron chi connectivity index (χ2n) is 7.36. The number of benzene rings is 4. The molecule has 150 valence electrons. The largest absolute Gasteiger partial charge is 0.436 e. The SMILES string of the molecule is Brc1ccc(C(c2ccccc2)c2nc(-c3ccccc3)oc2-c2ccccc2)cc1. The molecule has 0 spiro atoms. The van der Waals surface area contributed by atoms with Crippen LogP contribution in [0.4, 0.5) is 0 Å². The molecule has 1 heterocycles. The normalized spacial score (nSPS) is 11.9. The minimum atomic E-state index is -0.0503. The molecule has 4 aromatic carbocycles. The van der Waals surface area contributed by atoms with Crippen molar-refractivity contribution in [3.63, 3.8) is 0 Å². The first-order chi connectivity index (χ1) is 15.3. The number of aromatic nitrogens is 1. The first-order valence-electron chi connectivity index (χ1n) is 10.2. The molecule has 0 aliphatic rings. The molecular formula is C28H20BrNO. The van der Waals surface area contributed by atoms with Gasteiger partial charge in [-0.25, -0.2) is 4.98 Å². The number of hydrogen-bond acceptors (Lipinski definition) is 2. The van der Waals surface area contributed by atoms with Crippen LogP contribution in [0.2, 0.25) is 0 Å². The van der Waals surface area contributed by atoms with Gasteiger partial charge in [-0.1, -0.05) is 107 Å². The van der Waals surface area contributed by atoms with Crippen molar-refractivity contribution in [2.24, 2.45) is 0 Å². The fraction of sp³-hybridized carbons (Fsp3) is 0.0357. The summed E-state index contributed by atoms with van der Waals surface area (Å²) in [6, 6.07) is 39.2. The minimum Gasteiger partial charge on any atom is -0.436 e. The van der Waals surface area contributed by atoms with Crippen LogP contribution in [0.1, 0.15) is 22.7 Å². The van der Waals surface area contributed by atoms with Gasteiger partial charge in [0.2, 0.25) is 5.89 Å². The molecule has 0 N–H and O–H groups in total. The lowest BCUT2D eigenvalue weighted by Gasteiger charge is -2.17. The zero-order valence-electron chi connectivity index (χ0n) is 16.8. The molecule has 0 radical (unpaired) electrons. The summed E-state index contributed by atoms with van der Waals surface area (Å²) in [7, 11) is 0. The number of hydrogen-bond donors (Lipinski definition) is 0. The van der Waals surface area contributed by atoms with E-state index in [1.165, 1.54) is 11.1 Å². The number of rotatable bonds is 5. The van der Waals surface area contributed by atoms with E-state index in [1.807, 2.05) is 54.6 Å². The Bertz CT molecular complexity index is 1260. The summed E-state index contributed by atoms with van der Waals surface area (Å²) in [4.78, 5) is 5.05. The Morgan fingerprint density at radius 3 is 1.71 bits per heavy atom. The number of halogens is 1. The van der Waals surface area contributed by atoms with Crippen molar-refractivity contribution in [1.82, 2.24) is 4.98 Å². The van der Waals surface area contributed by atoms with Crippen LogP contribution in [0.15, 0.2) is 124 Å². The summed E-state index contributed by atoms with van der Waals surface area (Å²) in [5, 5.41) is 0. The maximum absolute atomic E-state index is 6.41. The van der Waals surface area contributed by atoms with Crippen LogP contribution in [-0.4, -0.2) is 4.98 Å². The van der Waals surface area contributed by atoms with Gasteiger partial charge in [0.1, 0.15) is 0 Å². The summed E-state index contributed by atoms with van der Waals surface area (Å²) in [6.07, 6.45) is 0. The van der Waals surface area contributed by atoms with Crippen molar-refractivity contribution in [3.05, 3.63) is 137 Å². The predicted molar refractivity (Wildman–Crippen MR) is 129 cm³/mol. The van der Waals surface area contributed by atoms with E-state index in [0.29, 0.717) is 5.89 Å². The van der Waals surface area contributed by atoms with Crippen LogP contribution >= 0.6 is 15.9 Å². The molecule has 2 nitrogen and oxygen atoms in total. The van der Waals surface area contributed by atoms with Crippen LogP contribution in [-0.2, 0) is 0 Å². The molecule has 0 aliphatic heterocycles. The van der Waals surface area contributed by atoms with Crippen molar-refractivity contribution < 1.29 is 4.42 Å². The second-order valence-corrected chi connectivity index (χ2v) is 8.28. The molecule has 5 rings (SSSR count). The third-order valence-electron chi connectivity index (χ3n) is 5.32. The lowest BCUT2D eigenvalue weighted by atomic mass is 9.87. The second kappa shape index (κ2) is 8.75. The molecule has 0 saturated heterocycles. The van der Waals surface area contributed by atoms with Crippen LogP contribution in [0.25, 0.3) is 22.8 Å². The van der Waals surface area contributed by atoms with Gasteiger partial charge < -0.3 is 4.42 Å². The lowest BCUT2D eigenvalue weighted by molar-refractivity contribution is 0.587. The van der Waals surface area contributed by atoms with Gasteiger partial charge in [-0.3, -0.25) is 0 Å². The summed E-state index contributed by atoms with van der Waals surface area (Å²) < 4.78 is 7.47. The van der Waals surface area contributed by atoms with E-state index >= 15 is 0 Å². The Balaban J connectivity index is 1.75. The quantitative estimate of drug-likeness (QED) is 0.263. The molecule has 1 aromatic heterocycles. The average Bonchev–Trinajstić information content (AvgIpc) is 3.27. The maximum Gasteiger partial charge on any atom is 0.227 e. The van der Waals surface area contributed by atoms with Crippen LogP contribution in [0, 0.1) is 0 Å². The third-order valence-corrected chi connectivity index (χ3v) is 5.85. The summed E-state index contributed by atoms with van der Waals surface area (Å²) in [5.74, 6) is 1.38. The first-order valence-corrected chi connectivity index (χ1v) is 11.0. The molecular weight excluding hydrogens is 446 g/mol. The van der Waals surface area contributed by atoms with Crippen LogP contribution in [0.3, 0.4) is 0 Å². The lowest BCUT2D eigenvalue weighted by Crippen LogP contribution is -2.05. The monoisotopic (exact) mass is 465 g/mol. The third kappa shape index (κ3) is 4.10. The molecule has 0 amide bonds. The zero-order chi connectivity index (χ0) is 21.0. The highest BCUT2D eigenvalue weighted by Gasteiger charge is 2.26. The van der Waals surface area contributed by atoms with Crippen molar-refractivity contribution in [2.45, 2.75) is 5.92 Å². The predicted octanol–water partition coefficient (Wildman–Crippen LogP) is 7.95. The Labute approximate surface area is 190 Å². The van der Waals surface area contributed by atoms with Crippen molar-refractivity contribution >= 4 is 15.9 Å². The van der Waals surface area contributed by atoms with Gasteiger partial charge in [-0.15, -0.1) is 0 Å². The first kappa shape index (κ1) is 19.5. The topological polar surface area (TPSA) is 26.0 Å². The van der Waals surface area contributed by atoms with Gasteiger partial charge in [0, 0.05) is 15.6 Å². The van der Waals surface area contributed by atoms with Gasteiger partial charge >= 0.3 is 0 Å². The molecule has 3 heteroatoms. The minimum absolute atomic E-state index is 0.0503.